The molecule has 0 radical (unpaired) electrons. The lowest BCUT2D eigenvalue weighted by molar-refractivity contribution is 1.20. The first-order chi connectivity index (χ1) is 7.68. The number of aryl methyl sites for hydroxylation is 3. The molecule has 0 nitrogen and oxygen atoms in total. The van der Waals surface area contributed by atoms with Gasteiger partial charge in [0, 0.05) is 0 Å². The summed E-state index contributed by atoms with van der Waals surface area (Å²) >= 11 is 0. The van der Waals surface area contributed by atoms with Crippen molar-refractivity contribution in [3.63, 3.8) is 0 Å². The van der Waals surface area contributed by atoms with E-state index in [-0.39, 0.29) is 7.92 Å². The summed E-state index contributed by atoms with van der Waals surface area (Å²) < 4.78 is 0. The molecule has 2 aromatic carbocycles. The van der Waals surface area contributed by atoms with Gasteiger partial charge in [0.1, 0.15) is 0 Å². The number of hydrogen-bond acceptors (Lipinski definition) is 0. The minimum absolute atomic E-state index is 0.0908. The van der Waals surface area contributed by atoms with E-state index in [1.165, 1.54) is 29.1 Å². The smallest absolute Gasteiger partial charge is 0.00724 e. The first-order valence-electron chi connectivity index (χ1n) is 5.91. The SMILES string of the molecule is Cc1ccc(C)c2c3c(ccc12)CCP3C. The van der Waals surface area contributed by atoms with Crippen molar-refractivity contribution < 1.29 is 0 Å². The minimum Gasteiger partial charge on any atom is -0.0772 e. The molecule has 0 amide bonds. The zero-order valence-corrected chi connectivity index (χ0v) is 11.1. The standard InChI is InChI=1S/C15H17P/c1-10-4-5-11(2)14-13(10)7-6-12-8-9-16(3)15(12)14/h4-7H,8-9H2,1-3H3. The van der Waals surface area contributed by atoms with Gasteiger partial charge in [0.05, 0.1) is 0 Å². The van der Waals surface area contributed by atoms with Crippen molar-refractivity contribution in [2.45, 2.75) is 20.3 Å². The Bertz CT molecular complexity index is 569. The second kappa shape index (κ2) is 3.57. The molecule has 0 spiro atoms. The third-order valence-corrected chi connectivity index (χ3v) is 5.93. The lowest BCUT2D eigenvalue weighted by Crippen LogP contribution is -2.04. The monoisotopic (exact) mass is 228 g/mol. The van der Waals surface area contributed by atoms with Crippen molar-refractivity contribution >= 4 is 24.0 Å². The maximum absolute atomic E-state index is 2.43. The Labute approximate surface area is 98.4 Å². The van der Waals surface area contributed by atoms with Crippen LogP contribution in [0.2, 0.25) is 0 Å². The summed E-state index contributed by atoms with van der Waals surface area (Å²) in [6.07, 6.45) is 2.68. The fraction of sp³-hybridized carbons (Fsp3) is 0.333. The molecule has 0 aromatic heterocycles. The van der Waals surface area contributed by atoms with Crippen molar-refractivity contribution in [2.75, 3.05) is 12.8 Å². The Kier molecular flexibility index (Phi) is 2.30. The molecule has 0 aliphatic carbocycles. The molecule has 1 heteroatoms. The molecule has 0 fully saturated rings. The molecule has 0 saturated heterocycles. The van der Waals surface area contributed by atoms with Crippen molar-refractivity contribution in [1.29, 1.82) is 0 Å². The lowest BCUT2D eigenvalue weighted by Gasteiger charge is -2.14. The van der Waals surface area contributed by atoms with Crippen LogP contribution >= 0.6 is 7.92 Å². The molecule has 2 aromatic rings. The molecule has 1 heterocycles. The summed E-state index contributed by atoms with van der Waals surface area (Å²) in [7, 11) is 0.0908. The van der Waals surface area contributed by atoms with Gasteiger partial charge in [-0.05, 0) is 65.9 Å². The molecule has 1 aliphatic heterocycles. The topological polar surface area (TPSA) is 0 Å². The average molecular weight is 228 g/mol. The van der Waals surface area contributed by atoms with Gasteiger partial charge in [-0.15, -0.1) is 0 Å². The van der Waals surface area contributed by atoms with Gasteiger partial charge in [0.25, 0.3) is 0 Å². The normalized spacial score (nSPS) is 19.1. The molecule has 0 saturated carbocycles. The molecule has 1 atom stereocenters. The van der Waals surface area contributed by atoms with Crippen LogP contribution in [-0.4, -0.2) is 12.8 Å². The zero-order chi connectivity index (χ0) is 11.3. The van der Waals surface area contributed by atoms with Crippen molar-refractivity contribution in [3.05, 3.63) is 41.0 Å². The second-order valence-corrected chi connectivity index (χ2v) is 7.16. The van der Waals surface area contributed by atoms with Gasteiger partial charge in [0.15, 0.2) is 0 Å². The van der Waals surface area contributed by atoms with Gasteiger partial charge in [0.2, 0.25) is 0 Å². The molecule has 0 N–H and O–H groups in total. The van der Waals surface area contributed by atoms with E-state index in [1.807, 2.05) is 0 Å². The predicted molar refractivity (Wildman–Crippen MR) is 74.5 cm³/mol. The van der Waals surface area contributed by atoms with Crippen molar-refractivity contribution in [1.82, 2.24) is 0 Å². The van der Waals surface area contributed by atoms with Gasteiger partial charge in [-0.25, -0.2) is 0 Å². The largest absolute Gasteiger partial charge is 0.0772 e. The average Bonchev–Trinajstić information content (AvgIpc) is 2.66. The van der Waals surface area contributed by atoms with Crippen LogP contribution in [0.15, 0.2) is 24.3 Å². The van der Waals surface area contributed by atoms with Gasteiger partial charge in [-0.3, -0.25) is 0 Å². The summed E-state index contributed by atoms with van der Waals surface area (Å²) in [5.74, 6) is 0. The third-order valence-electron chi connectivity index (χ3n) is 3.76. The maximum atomic E-state index is 2.43. The number of rotatable bonds is 0. The van der Waals surface area contributed by atoms with Crippen LogP contribution in [0.5, 0.6) is 0 Å². The Morgan fingerprint density at radius 3 is 2.56 bits per heavy atom. The van der Waals surface area contributed by atoms with Crippen LogP contribution < -0.4 is 5.30 Å². The van der Waals surface area contributed by atoms with E-state index in [9.17, 15) is 0 Å². The quantitative estimate of drug-likeness (QED) is 0.602. The predicted octanol–water partition coefficient (Wildman–Crippen LogP) is 3.75. The zero-order valence-electron chi connectivity index (χ0n) is 10.2. The van der Waals surface area contributed by atoms with Gasteiger partial charge < -0.3 is 0 Å². The number of fused-ring (bicyclic) bond motifs is 3. The van der Waals surface area contributed by atoms with Crippen LogP contribution in [0, 0.1) is 13.8 Å². The summed E-state index contributed by atoms with van der Waals surface area (Å²) in [6, 6.07) is 9.21. The van der Waals surface area contributed by atoms with Crippen LogP contribution in [0.1, 0.15) is 16.7 Å². The van der Waals surface area contributed by atoms with E-state index >= 15 is 0 Å². The van der Waals surface area contributed by atoms with E-state index in [0.29, 0.717) is 0 Å². The van der Waals surface area contributed by atoms with E-state index < -0.39 is 0 Å². The van der Waals surface area contributed by atoms with Crippen LogP contribution in [0.4, 0.5) is 0 Å². The Morgan fingerprint density at radius 1 is 1.00 bits per heavy atom. The number of benzene rings is 2. The van der Waals surface area contributed by atoms with E-state index in [0.717, 1.165) is 0 Å². The Hall–Kier alpha value is -0.870. The van der Waals surface area contributed by atoms with Gasteiger partial charge in [-0.2, -0.15) is 0 Å². The molecule has 1 aliphatic rings. The molecular formula is C15H17P. The summed E-state index contributed by atoms with van der Waals surface area (Å²) in [6.45, 7) is 6.91. The highest BCUT2D eigenvalue weighted by Crippen LogP contribution is 2.41. The number of hydrogen-bond donors (Lipinski definition) is 0. The molecule has 82 valence electrons. The van der Waals surface area contributed by atoms with E-state index in [1.54, 1.807) is 16.3 Å². The Morgan fingerprint density at radius 2 is 1.75 bits per heavy atom. The van der Waals surface area contributed by atoms with E-state index in [4.69, 9.17) is 0 Å². The second-order valence-electron chi connectivity index (χ2n) is 4.87. The molecular weight excluding hydrogens is 211 g/mol. The summed E-state index contributed by atoms with van der Waals surface area (Å²) in [5, 5.41) is 4.72. The summed E-state index contributed by atoms with van der Waals surface area (Å²) in [4.78, 5) is 0. The first-order valence-corrected chi connectivity index (χ1v) is 7.89. The van der Waals surface area contributed by atoms with Crippen LogP contribution in [0.25, 0.3) is 10.8 Å². The highest BCUT2D eigenvalue weighted by atomic mass is 31.1. The van der Waals surface area contributed by atoms with Gasteiger partial charge in [-0.1, -0.05) is 32.2 Å². The minimum atomic E-state index is 0.0908. The molecule has 16 heavy (non-hydrogen) atoms. The fourth-order valence-corrected chi connectivity index (χ4v) is 4.98. The van der Waals surface area contributed by atoms with Crippen molar-refractivity contribution in [3.8, 4) is 0 Å². The molecule has 1 unspecified atom stereocenters. The van der Waals surface area contributed by atoms with E-state index in [2.05, 4.69) is 44.8 Å². The molecule has 3 rings (SSSR count). The van der Waals surface area contributed by atoms with Crippen LogP contribution in [-0.2, 0) is 6.42 Å². The highest BCUT2D eigenvalue weighted by molar-refractivity contribution is 7.66. The fourth-order valence-electron chi connectivity index (χ4n) is 2.82. The maximum Gasteiger partial charge on any atom is -0.00724 e. The third kappa shape index (κ3) is 1.33. The molecule has 0 bridgehead atoms. The Balaban J connectivity index is 2.48. The van der Waals surface area contributed by atoms with Gasteiger partial charge >= 0.3 is 0 Å². The highest BCUT2D eigenvalue weighted by Gasteiger charge is 2.21. The lowest BCUT2D eigenvalue weighted by atomic mass is 9.98. The summed E-state index contributed by atoms with van der Waals surface area (Å²) in [5.41, 5.74) is 4.47. The van der Waals surface area contributed by atoms with Crippen LogP contribution in [0.3, 0.4) is 0 Å². The van der Waals surface area contributed by atoms with Crippen molar-refractivity contribution in [2.24, 2.45) is 0 Å². The first kappa shape index (κ1) is 10.3.